The van der Waals surface area contributed by atoms with E-state index in [0.29, 0.717) is 35.2 Å². The van der Waals surface area contributed by atoms with Gasteiger partial charge in [0.15, 0.2) is 5.17 Å². The van der Waals surface area contributed by atoms with E-state index in [0.717, 1.165) is 17.7 Å². The molecule has 0 aromatic heterocycles. The Balaban J connectivity index is 1.84. The molecule has 0 saturated carbocycles. The largest absolute Gasteiger partial charge is 0.494 e. The third-order valence-corrected chi connectivity index (χ3v) is 6.03. The van der Waals surface area contributed by atoms with Gasteiger partial charge < -0.3 is 9.47 Å². The first-order valence-corrected chi connectivity index (χ1v) is 11.1. The summed E-state index contributed by atoms with van der Waals surface area (Å²) < 4.78 is 10.8. The molecule has 1 atom stereocenters. The molecule has 0 radical (unpaired) electrons. The second kappa shape index (κ2) is 9.96. The number of amides is 1. The van der Waals surface area contributed by atoms with E-state index in [1.165, 1.54) is 38.1 Å². The van der Waals surface area contributed by atoms with E-state index in [2.05, 4.69) is 11.9 Å². The fourth-order valence-corrected chi connectivity index (χ4v) is 4.55. The smallest absolute Gasteiger partial charge is 0.338 e. The molecule has 0 spiro atoms. The SMILES string of the molecule is CCCCCCOc1ccc(C2C(C(=O)OC)=C(C)N=C3SCCC(=O)N32)cc1. The molecular weight excluding hydrogens is 388 g/mol. The zero-order valence-corrected chi connectivity index (χ0v) is 18.1. The first-order chi connectivity index (χ1) is 14.1. The lowest BCUT2D eigenvalue weighted by molar-refractivity contribution is -0.137. The highest BCUT2D eigenvalue weighted by Crippen LogP contribution is 2.40. The minimum absolute atomic E-state index is 0.0300. The van der Waals surface area contributed by atoms with E-state index in [4.69, 9.17) is 9.47 Å². The fraction of sp³-hybridized carbons (Fsp3) is 0.500. The minimum atomic E-state index is -0.533. The van der Waals surface area contributed by atoms with Gasteiger partial charge in [-0.3, -0.25) is 9.69 Å². The van der Waals surface area contributed by atoms with Crippen LogP contribution in [-0.4, -0.2) is 41.4 Å². The van der Waals surface area contributed by atoms with Crippen LogP contribution in [0.2, 0.25) is 0 Å². The molecule has 1 fully saturated rings. The van der Waals surface area contributed by atoms with Crippen molar-refractivity contribution < 1.29 is 19.1 Å². The molecule has 0 N–H and O–H groups in total. The second-order valence-corrected chi connectivity index (χ2v) is 8.19. The number of esters is 1. The predicted molar refractivity (Wildman–Crippen MR) is 115 cm³/mol. The van der Waals surface area contributed by atoms with Gasteiger partial charge in [0.2, 0.25) is 5.91 Å². The Morgan fingerprint density at radius 2 is 2.00 bits per heavy atom. The summed E-state index contributed by atoms with van der Waals surface area (Å²) in [4.78, 5) is 31.4. The van der Waals surface area contributed by atoms with Crippen molar-refractivity contribution in [2.24, 2.45) is 4.99 Å². The summed E-state index contributed by atoms with van der Waals surface area (Å²) in [7, 11) is 1.35. The molecule has 3 rings (SSSR count). The van der Waals surface area contributed by atoms with Crippen LogP contribution in [0.4, 0.5) is 0 Å². The van der Waals surface area contributed by atoms with Gasteiger partial charge in [-0.2, -0.15) is 0 Å². The molecule has 2 heterocycles. The summed E-state index contributed by atoms with van der Waals surface area (Å²) in [6.45, 7) is 4.66. The Bertz CT molecular complexity index is 817. The fourth-order valence-electron chi connectivity index (χ4n) is 3.55. The van der Waals surface area contributed by atoms with Crippen LogP contribution in [0.25, 0.3) is 0 Å². The molecule has 7 heteroatoms. The third kappa shape index (κ3) is 4.83. The van der Waals surface area contributed by atoms with Crippen LogP contribution in [0.1, 0.15) is 57.6 Å². The van der Waals surface area contributed by atoms with Gasteiger partial charge in [-0.1, -0.05) is 50.1 Å². The van der Waals surface area contributed by atoms with Crippen molar-refractivity contribution in [3.05, 3.63) is 41.1 Å². The lowest BCUT2D eigenvalue weighted by Gasteiger charge is -2.38. The van der Waals surface area contributed by atoms with Gasteiger partial charge in [0.1, 0.15) is 5.75 Å². The van der Waals surface area contributed by atoms with E-state index < -0.39 is 12.0 Å². The lowest BCUT2D eigenvalue weighted by atomic mass is 9.94. The highest BCUT2D eigenvalue weighted by Gasteiger charge is 2.41. The predicted octanol–water partition coefficient (Wildman–Crippen LogP) is 4.47. The summed E-state index contributed by atoms with van der Waals surface area (Å²) in [5, 5.41) is 0.646. The van der Waals surface area contributed by atoms with Crippen LogP contribution in [0.3, 0.4) is 0 Å². The maximum atomic E-state index is 12.7. The van der Waals surface area contributed by atoms with E-state index in [-0.39, 0.29) is 5.91 Å². The first-order valence-electron chi connectivity index (χ1n) is 10.1. The van der Waals surface area contributed by atoms with Gasteiger partial charge in [0.05, 0.1) is 31.0 Å². The number of ether oxygens (including phenoxy) is 2. The van der Waals surface area contributed by atoms with Gasteiger partial charge in [-0.25, -0.2) is 9.79 Å². The Kier molecular flexibility index (Phi) is 7.36. The molecule has 0 aliphatic carbocycles. The van der Waals surface area contributed by atoms with Crippen LogP contribution in [-0.2, 0) is 14.3 Å². The van der Waals surface area contributed by atoms with Crippen LogP contribution in [0, 0.1) is 0 Å². The first kappa shape index (κ1) is 21.4. The Morgan fingerprint density at radius 3 is 2.69 bits per heavy atom. The van der Waals surface area contributed by atoms with E-state index in [1.54, 1.807) is 11.8 Å². The summed E-state index contributed by atoms with van der Waals surface area (Å²) in [6.07, 6.45) is 5.04. The normalized spacial score (nSPS) is 19.0. The molecule has 1 amide bonds. The topological polar surface area (TPSA) is 68.2 Å². The molecule has 1 aromatic carbocycles. The monoisotopic (exact) mass is 416 g/mol. The van der Waals surface area contributed by atoms with Crippen molar-refractivity contribution in [1.82, 2.24) is 4.90 Å². The van der Waals surface area contributed by atoms with E-state index >= 15 is 0 Å². The molecule has 156 valence electrons. The Morgan fingerprint density at radius 1 is 1.24 bits per heavy atom. The average molecular weight is 417 g/mol. The van der Waals surface area contributed by atoms with Crippen molar-refractivity contribution in [1.29, 1.82) is 0 Å². The summed E-state index contributed by atoms with van der Waals surface area (Å²) in [5.74, 6) is 0.995. The van der Waals surface area contributed by atoms with Gasteiger partial charge in [0, 0.05) is 12.2 Å². The van der Waals surface area contributed by atoms with Crippen molar-refractivity contribution in [2.75, 3.05) is 19.5 Å². The molecule has 29 heavy (non-hydrogen) atoms. The number of hydrogen-bond donors (Lipinski definition) is 0. The number of allylic oxidation sites excluding steroid dienone is 1. The van der Waals surface area contributed by atoms with Crippen molar-refractivity contribution in [3.8, 4) is 5.75 Å². The summed E-state index contributed by atoms with van der Waals surface area (Å²) in [6, 6.07) is 7.09. The van der Waals surface area contributed by atoms with Crippen LogP contribution < -0.4 is 4.74 Å². The highest BCUT2D eigenvalue weighted by molar-refractivity contribution is 8.14. The maximum absolute atomic E-state index is 12.7. The molecule has 1 unspecified atom stereocenters. The molecular formula is C22H28N2O4S. The third-order valence-electron chi connectivity index (χ3n) is 5.07. The van der Waals surface area contributed by atoms with E-state index in [1.807, 2.05) is 24.3 Å². The number of rotatable bonds is 8. The average Bonchev–Trinajstić information content (AvgIpc) is 2.73. The quantitative estimate of drug-likeness (QED) is 0.462. The highest BCUT2D eigenvalue weighted by atomic mass is 32.2. The number of hydrogen-bond acceptors (Lipinski definition) is 6. The number of thioether (sulfide) groups is 1. The number of carbonyl (C=O) groups is 2. The molecule has 6 nitrogen and oxygen atoms in total. The number of amidine groups is 1. The second-order valence-electron chi connectivity index (χ2n) is 7.13. The van der Waals surface area contributed by atoms with Gasteiger partial charge in [0.25, 0.3) is 0 Å². The van der Waals surface area contributed by atoms with Crippen LogP contribution in [0.5, 0.6) is 5.75 Å². The maximum Gasteiger partial charge on any atom is 0.338 e. The summed E-state index contributed by atoms with van der Waals surface area (Å²) in [5.41, 5.74) is 1.83. The van der Waals surface area contributed by atoms with Gasteiger partial charge >= 0.3 is 5.97 Å². The van der Waals surface area contributed by atoms with Crippen molar-refractivity contribution >= 4 is 28.8 Å². The number of methoxy groups -OCH3 is 1. The minimum Gasteiger partial charge on any atom is -0.494 e. The van der Waals surface area contributed by atoms with Gasteiger partial charge in [-0.15, -0.1) is 0 Å². The molecule has 1 saturated heterocycles. The number of unbranched alkanes of at least 4 members (excludes halogenated alkanes) is 3. The number of aliphatic imine (C=N–C) groups is 1. The molecule has 2 aliphatic rings. The van der Waals surface area contributed by atoms with Gasteiger partial charge in [-0.05, 0) is 31.0 Å². The van der Waals surface area contributed by atoms with Crippen molar-refractivity contribution in [3.63, 3.8) is 0 Å². The zero-order chi connectivity index (χ0) is 20.8. The number of benzene rings is 1. The summed E-state index contributed by atoms with van der Waals surface area (Å²) >= 11 is 1.54. The number of carbonyl (C=O) groups excluding carboxylic acids is 2. The van der Waals surface area contributed by atoms with Crippen LogP contribution in [0.15, 0.2) is 40.5 Å². The Labute approximate surface area is 176 Å². The lowest BCUT2D eigenvalue weighted by Crippen LogP contribution is -2.45. The number of nitrogens with zero attached hydrogens (tertiary/aromatic N) is 2. The molecule has 2 aliphatic heterocycles. The van der Waals surface area contributed by atoms with E-state index in [9.17, 15) is 9.59 Å². The standard InChI is InChI=1S/C22H28N2O4S/c1-4-5-6-7-13-28-17-10-8-16(9-11-17)20-19(21(26)27-3)15(2)23-22-24(20)18(25)12-14-29-22/h8-11,20H,4-7,12-14H2,1-3H3. The molecule has 0 bridgehead atoms. The Hall–Kier alpha value is -2.28. The molecule has 1 aromatic rings. The van der Waals surface area contributed by atoms with Crippen molar-refractivity contribution in [2.45, 2.75) is 52.0 Å². The number of fused-ring (bicyclic) bond motifs is 1. The van der Waals surface area contributed by atoms with Crippen LogP contribution >= 0.6 is 11.8 Å². The zero-order valence-electron chi connectivity index (χ0n) is 17.3.